The van der Waals surface area contributed by atoms with Gasteiger partial charge in [-0.3, -0.25) is 0 Å². The van der Waals surface area contributed by atoms with Gasteiger partial charge in [0.1, 0.15) is 0 Å². The number of benzene rings is 1. The number of nitrogens with one attached hydrogen (secondary N) is 1. The van der Waals surface area contributed by atoms with Crippen molar-refractivity contribution in [3.05, 3.63) is 29.8 Å². The van der Waals surface area contributed by atoms with E-state index in [2.05, 4.69) is 36.5 Å². The molecular formula is C13H19NO2. The third kappa shape index (κ3) is 3.51. The summed E-state index contributed by atoms with van der Waals surface area (Å²) in [5.74, 6) is 0. The van der Waals surface area contributed by atoms with Gasteiger partial charge in [0, 0.05) is 18.8 Å². The fourth-order valence-electron chi connectivity index (χ4n) is 1.82. The maximum Gasteiger partial charge on any atom is 0.0831 e. The lowest BCUT2D eigenvalue weighted by atomic mass is 10.2. The highest BCUT2D eigenvalue weighted by Crippen LogP contribution is 2.10. The van der Waals surface area contributed by atoms with E-state index in [1.54, 1.807) is 0 Å². The van der Waals surface area contributed by atoms with Crippen molar-refractivity contribution in [3.63, 3.8) is 0 Å². The highest BCUT2D eigenvalue weighted by atomic mass is 16.5. The van der Waals surface area contributed by atoms with Crippen LogP contribution in [0.1, 0.15) is 12.0 Å². The van der Waals surface area contributed by atoms with E-state index < -0.39 is 0 Å². The number of ether oxygens (including phenoxy) is 2. The first kappa shape index (κ1) is 11.4. The number of hydrogen-bond donors (Lipinski definition) is 1. The van der Waals surface area contributed by atoms with Crippen molar-refractivity contribution in [3.8, 4) is 0 Å². The van der Waals surface area contributed by atoms with E-state index in [9.17, 15) is 0 Å². The third-order valence-corrected chi connectivity index (χ3v) is 2.69. The van der Waals surface area contributed by atoms with Crippen molar-refractivity contribution < 1.29 is 9.47 Å². The van der Waals surface area contributed by atoms with E-state index in [-0.39, 0.29) is 0 Å². The van der Waals surface area contributed by atoms with Gasteiger partial charge in [0.15, 0.2) is 0 Å². The van der Waals surface area contributed by atoms with Crippen LogP contribution in [0.5, 0.6) is 0 Å². The van der Waals surface area contributed by atoms with Crippen LogP contribution < -0.4 is 5.32 Å². The van der Waals surface area contributed by atoms with Gasteiger partial charge in [0.2, 0.25) is 0 Å². The molecule has 1 saturated heterocycles. The van der Waals surface area contributed by atoms with E-state index in [4.69, 9.17) is 9.47 Å². The smallest absolute Gasteiger partial charge is 0.0831 e. The second kappa shape index (κ2) is 5.87. The van der Waals surface area contributed by atoms with Crippen LogP contribution in [0, 0.1) is 6.92 Å². The van der Waals surface area contributed by atoms with Crippen molar-refractivity contribution in [2.75, 3.05) is 31.7 Å². The highest BCUT2D eigenvalue weighted by Gasteiger charge is 2.15. The molecule has 1 aromatic rings. The lowest BCUT2D eigenvalue weighted by molar-refractivity contribution is 0.0489. The molecule has 88 valence electrons. The second-order valence-electron chi connectivity index (χ2n) is 4.15. The van der Waals surface area contributed by atoms with Crippen LogP contribution in [0.4, 0.5) is 5.69 Å². The minimum absolute atomic E-state index is 0.305. The second-order valence-corrected chi connectivity index (χ2v) is 4.15. The lowest BCUT2D eigenvalue weighted by Crippen LogP contribution is -2.18. The summed E-state index contributed by atoms with van der Waals surface area (Å²) in [6, 6.07) is 8.37. The van der Waals surface area contributed by atoms with E-state index in [0.717, 1.165) is 38.5 Å². The fraction of sp³-hybridized carbons (Fsp3) is 0.538. The van der Waals surface area contributed by atoms with Crippen LogP contribution in [0.25, 0.3) is 0 Å². The van der Waals surface area contributed by atoms with Gasteiger partial charge in [0.25, 0.3) is 0 Å². The summed E-state index contributed by atoms with van der Waals surface area (Å²) in [6.07, 6.45) is 1.34. The molecule has 1 aliphatic rings. The van der Waals surface area contributed by atoms with Crippen molar-refractivity contribution in [2.24, 2.45) is 0 Å². The molecule has 1 aromatic carbocycles. The fourth-order valence-corrected chi connectivity index (χ4v) is 1.82. The van der Waals surface area contributed by atoms with Gasteiger partial charge in [-0.2, -0.15) is 0 Å². The van der Waals surface area contributed by atoms with Crippen LogP contribution in [0.3, 0.4) is 0 Å². The summed E-state index contributed by atoms with van der Waals surface area (Å²) in [6.45, 7) is 5.28. The SMILES string of the molecule is Cc1cccc(NCCOC2CCOC2)c1. The van der Waals surface area contributed by atoms with Crippen molar-refractivity contribution in [1.82, 2.24) is 0 Å². The molecule has 0 radical (unpaired) electrons. The molecule has 0 bridgehead atoms. The van der Waals surface area contributed by atoms with Gasteiger partial charge in [0.05, 0.1) is 19.3 Å². The Morgan fingerprint density at radius 3 is 3.19 bits per heavy atom. The predicted molar refractivity (Wildman–Crippen MR) is 64.8 cm³/mol. The molecule has 1 heterocycles. The maximum atomic E-state index is 5.67. The summed E-state index contributed by atoms with van der Waals surface area (Å²) in [5, 5.41) is 3.34. The Hall–Kier alpha value is -1.06. The summed E-state index contributed by atoms with van der Waals surface area (Å²) in [4.78, 5) is 0. The van der Waals surface area contributed by atoms with Gasteiger partial charge in [-0.25, -0.2) is 0 Å². The largest absolute Gasteiger partial charge is 0.383 e. The third-order valence-electron chi connectivity index (χ3n) is 2.69. The van der Waals surface area contributed by atoms with Crippen LogP contribution in [-0.4, -0.2) is 32.5 Å². The number of anilines is 1. The van der Waals surface area contributed by atoms with Crippen LogP contribution >= 0.6 is 0 Å². The Balaban J connectivity index is 1.64. The number of aryl methyl sites for hydroxylation is 1. The summed E-state index contributed by atoms with van der Waals surface area (Å²) >= 11 is 0. The molecule has 3 heteroatoms. The van der Waals surface area contributed by atoms with E-state index in [1.807, 2.05) is 0 Å². The van der Waals surface area contributed by atoms with Gasteiger partial charge < -0.3 is 14.8 Å². The van der Waals surface area contributed by atoms with E-state index >= 15 is 0 Å². The molecule has 1 N–H and O–H groups in total. The molecule has 0 aliphatic carbocycles. The quantitative estimate of drug-likeness (QED) is 0.773. The first-order valence-corrected chi connectivity index (χ1v) is 5.84. The zero-order valence-corrected chi connectivity index (χ0v) is 9.74. The average molecular weight is 221 g/mol. The van der Waals surface area contributed by atoms with Gasteiger partial charge in [-0.15, -0.1) is 0 Å². The summed E-state index contributed by atoms with van der Waals surface area (Å²) < 4.78 is 10.9. The number of hydrogen-bond acceptors (Lipinski definition) is 3. The van der Waals surface area contributed by atoms with Crippen molar-refractivity contribution in [1.29, 1.82) is 0 Å². The molecule has 1 unspecified atom stereocenters. The Morgan fingerprint density at radius 1 is 1.50 bits per heavy atom. The Kier molecular flexibility index (Phi) is 4.19. The highest BCUT2D eigenvalue weighted by molar-refractivity contribution is 5.45. The molecule has 0 saturated carbocycles. The molecule has 3 nitrogen and oxygen atoms in total. The number of rotatable bonds is 5. The minimum atomic E-state index is 0.305. The standard InChI is InChI=1S/C13H19NO2/c1-11-3-2-4-12(9-11)14-6-8-16-13-5-7-15-10-13/h2-4,9,13-14H,5-8,10H2,1H3. The Labute approximate surface area is 96.8 Å². The van der Waals surface area contributed by atoms with Crippen LogP contribution in [-0.2, 0) is 9.47 Å². The van der Waals surface area contributed by atoms with Crippen LogP contribution in [0.15, 0.2) is 24.3 Å². The molecule has 0 amide bonds. The molecule has 2 rings (SSSR count). The van der Waals surface area contributed by atoms with E-state index in [1.165, 1.54) is 5.56 Å². The summed E-state index contributed by atoms with van der Waals surface area (Å²) in [7, 11) is 0. The molecule has 0 spiro atoms. The molecule has 1 atom stereocenters. The molecule has 0 aromatic heterocycles. The normalized spacial score (nSPS) is 19.9. The topological polar surface area (TPSA) is 30.5 Å². The maximum absolute atomic E-state index is 5.67. The molecule has 1 aliphatic heterocycles. The van der Waals surface area contributed by atoms with Gasteiger partial charge in [-0.05, 0) is 31.0 Å². The Bertz CT molecular complexity index is 321. The first-order valence-electron chi connectivity index (χ1n) is 5.84. The van der Waals surface area contributed by atoms with Crippen molar-refractivity contribution >= 4 is 5.69 Å². The van der Waals surface area contributed by atoms with E-state index in [0.29, 0.717) is 6.10 Å². The van der Waals surface area contributed by atoms with Gasteiger partial charge >= 0.3 is 0 Å². The van der Waals surface area contributed by atoms with Crippen LogP contribution in [0.2, 0.25) is 0 Å². The molecular weight excluding hydrogens is 202 g/mol. The molecule has 1 fully saturated rings. The first-order chi connectivity index (χ1) is 7.84. The molecule has 16 heavy (non-hydrogen) atoms. The minimum Gasteiger partial charge on any atom is -0.383 e. The zero-order valence-electron chi connectivity index (χ0n) is 9.74. The average Bonchev–Trinajstić information content (AvgIpc) is 2.77. The summed E-state index contributed by atoms with van der Waals surface area (Å²) in [5.41, 5.74) is 2.43. The predicted octanol–water partition coefficient (Wildman–Crippen LogP) is 2.21. The van der Waals surface area contributed by atoms with Gasteiger partial charge in [-0.1, -0.05) is 12.1 Å². The monoisotopic (exact) mass is 221 g/mol. The van der Waals surface area contributed by atoms with Crippen molar-refractivity contribution in [2.45, 2.75) is 19.4 Å². The zero-order chi connectivity index (χ0) is 11.2. The Morgan fingerprint density at radius 2 is 2.44 bits per heavy atom. The lowest BCUT2D eigenvalue weighted by Gasteiger charge is -2.11.